The van der Waals surface area contributed by atoms with Gasteiger partial charge in [-0.15, -0.1) is 0 Å². The van der Waals surface area contributed by atoms with Crippen LogP contribution in [0.5, 0.6) is 5.75 Å². The summed E-state index contributed by atoms with van der Waals surface area (Å²) in [7, 11) is 0. The Bertz CT molecular complexity index is 665. The van der Waals surface area contributed by atoms with E-state index in [2.05, 4.69) is 29.2 Å². The van der Waals surface area contributed by atoms with Crippen molar-refractivity contribution in [3.63, 3.8) is 0 Å². The molecule has 140 valence electrons. The van der Waals surface area contributed by atoms with Gasteiger partial charge in [0.25, 0.3) is 0 Å². The van der Waals surface area contributed by atoms with Gasteiger partial charge in [-0.2, -0.15) is 0 Å². The average molecular weight is 355 g/mol. The van der Waals surface area contributed by atoms with E-state index in [-0.39, 0.29) is 12.7 Å². The minimum atomic E-state index is -0.0519. The third-order valence-electron chi connectivity index (χ3n) is 4.85. The monoisotopic (exact) mass is 355 g/mol. The van der Waals surface area contributed by atoms with Crippen molar-refractivity contribution in [2.45, 2.75) is 32.3 Å². The fraction of sp³-hybridized carbons (Fsp3) is 0.455. The molecule has 1 N–H and O–H groups in total. The Morgan fingerprint density at radius 2 is 1.92 bits per heavy atom. The van der Waals surface area contributed by atoms with E-state index in [9.17, 15) is 5.11 Å². The zero-order valence-electron chi connectivity index (χ0n) is 15.6. The summed E-state index contributed by atoms with van der Waals surface area (Å²) in [5, 5.41) is 9.18. The van der Waals surface area contributed by atoms with Crippen molar-refractivity contribution in [1.82, 2.24) is 0 Å². The molecule has 0 fully saturated rings. The van der Waals surface area contributed by atoms with Crippen LogP contribution in [0.25, 0.3) is 0 Å². The Morgan fingerprint density at radius 1 is 1.12 bits per heavy atom. The minimum Gasteiger partial charge on any atom is -0.492 e. The van der Waals surface area contributed by atoms with Crippen molar-refractivity contribution in [3.8, 4) is 5.75 Å². The number of fused-ring (bicyclic) bond motifs is 1. The normalized spacial score (nSPS) is 14.8. The first-order valence-electron chi connectivity index (χ1n) is 9.60. The summed E-state index contributed by atoms with van der Waals surface area (Å²) in [6.07, 6.45) is 2.94. The lowest BCUT2D eigenvalue weighted by Crippen LogP contribution is -2.33. The topological polar surface area (TPSA) is 41.9 Å². The average Bonchev–Trinajstić information content (AvgIpc) is 2.69. The fourth-order valence-electron chi connectivity index (χ4n) is 3.56. The zero-order valence-corrected chi connectivity index (χ0v) is 15.6. The van der Waals surface area contributed by atoms with Crippen molar-refractivity contribution in [3.05, 3.63) is 59.7 Å². The molecule has 0 saturated heterocycles. The maximum Gasteiger partial charge on any atom is 0.119 e. The minimum absolute atomic E-state index is 0.0519. The first kappa shape index (κ1) is 18.7. The molecule has 26 heavy (non-hydrogen) atoms. The molecule has 0 bridgehead atoms. The van der Waals surface area contributed by atoms with Gasteiger partial charge < -0.3 is 19.5 Å². The fourth-order valence-corrected chi connectivity index (χ4v) is 3.56. The van der Waals surface area contributed by atoms with E-state index >= 15 is 0 Å². The number of anilines is 1. The second-order valence-electron chi connectivity index (χ2n) is 6.59. The van der Waals surface area contributed by atoms with Crippen molar-refractivity contribution < 1.29 is 14.6 Å². The van der Waals surface area contributed by atoms with Crippen LogP contribution in [0.1, 0.15) is 37.0 Å². The number of nitrogens with zero attached hydrogens (tertiary/aromatic N) is 1. The van der Waals surface area contributed by atoms with Crippen molar-refractivity contribution >= 4 is 5.69 Å². The van der Waals surface area contributed by atoms with E-state index in [4.69, 9.17) is 9.47 Å². The van der Waals surface area contributed by atoms with Gasteiger partial charge in [0, 0.05) is 31.9 Å². The van der Waals surface area contributed by atoms with Gasteiger partial charge in [0.2, 0.25) is 0 Å². The predicted octanol–water partition coefficient (Wildman–Crippen LogP) is 3.98. The number of rotatable bonds is 9. The second kappa shape index (κ2) is 9.60. The van der Waals surface area contributed by atoms with Crippen LogP contribution in [0.2, 0.25) is 0 Å². The summed E-state index contributed by atoms with van der Waals surface area (Å²) < 4.78 is 11.6. The molecule has 3 rings (SSSR count). The summed E-state index contributed by atoms with van der Waals surface area (Å²) in [6.45, 7) is 5.39. The summed E-state index contributed by atoms with van der Waals surface area (Å²) in [5.74, 6) is 0.873. The van der Waals surface area contributed by atoms with Gasteiger partial charge in [-0.05, 0) is 49.1 Å². The highest BCUT2D eigenvalue weighted by molar-refractivity contribution is 5.55. The van der Waals surface area contributed by atoms with Crippen molar-refractivity contribution in [1.29, 1.82) is 0 Å². The third-order valence-corrected chi connectivity index (χ3v) is 4.85. The Labute approximate surface area is 156 Å². The maximum atomic E-state index is 9.18. The molecule has 0 aliphatic carbocycles. The highest BCUT2D eigenvalue weighted by atomic mass is 16.5. The Kier molecular flexibility index (Phi) is 6.92. The van der Waals surface area contributed by atoms with Crippen molar-refractivity contribution in [2.75, 3.05) is 37.8 Å². The molecular weight excluding hydrogens is 326 g/mol. The van der Waals surface area contributed by atoms with E-state index in [1.54, 1.807) is 0 Å². The number of hydrogen-bond acceptors (Lipinski definition) is 4. The summed E-state index contributed by atoms with van der Waals surface area (Å²) in [6, 6.07) is 16.7. The Balaban J connectivity index is 1.53. The molecule has 2 aromatic carbocycles. The van der Waals surface area contributed by atoms with E-state index in [1.165, 1.54) is 24.1 Å². The van der Waals surface area contributed by atoms with Gasteiger partial charge in [0.05, 0.1) is 12.6 Å². The lowest BCUT2D eigenvalue weighted by atomic mass is 10.0. The van der Waals surface area contributed by atoms with Crippen molar-refractivity contribution in [2.24, 2.45) is 0 Å². The highest BCUT2D eigenvalue weighted by Gasteiger charge is 2.16. The van der Waals surface area contributed by atoms with Crippen LogP contribution in [-0.4, -0.2) is 38.0 Å². The zero-order chi connectivity index (χ0) is 18.2. The quantitative estimate of drug-likeness (QED) is 0.739. The molecule has 0 radical (unpaired) electrons. The van der Waals surface area contributed by atoms with Crippen LogP contribution in [0, 0.1) is 0 Å². The first-order valence-corrected chi connectivity index (χ1v) is 9.60. The molecule has 4 nitrogen and oxygen atoms in total. The van der Waals surface area contributed by atoms with Gasteiger partial charge >= 0.3 is 0 Å². The van der Waals surface area contributed by atoms with Crippen LogP contribution in [0.15, 0.2) is 48.5 Å². The first-order chi connectivity index (χ1) is 12.8. The molecule has 0 amide bonds. The number of hydrogen-bond donors (Lipinski definition) is 1. The summed E-state index contributed by atoms with van der Waals surface area (Å²) in [5.41, 5.74) is 3.87. The third kappa shape index (κ3) is 4.77. The predicted molar refractivity (Wildman–Crippen MR) is 105 cm³/mol. The van der Waals surface area contributed by atoms with E-state index in [1.807, 2.05) is 31.2 Å². The van der Waals surface area contributed by atoms with Crippen LogP contribution >= 0.6 is 0 Å². The molecule has 0 saturated carbocycles. The summed E-state index contributed by atoms with van der Waals surface area (Å²) in [4.78, 5) is 2.42. The number of aryl methyl sites for hydroxylation is 1. The van der Waals surface area contributed by atoms with Gasteiger partial charge in [0.15, 0.2) is 0 Å². The van der Waals surface area contributed by atoms with Crippen LogP contribution in [0.4, 0.5) is 5.69 Å². The number of aliphatic hydroxyl groups is 1. The Hall–Kier alpha value is -2.04. The number of aliphatic hydroxyl groups excluding tert-OH is 1. The summed E-state index contributed by atoms with van der Waals surface area (Å²) >= 11 is 0. The van der Waals surface area contributed by atoms with E-state index < -0.39 is 0 Å². The van der Waals surface area contributed by atoms with Gasteiger partial charge in [0.1, 0.15) is 12.4 Å². The molecular formula is C22H29NO3. The SMILES string of the molecule is CCOC(CCO)c1ccc(OCCN2CCCc3ccccc32)cc1. The lowest BCUT2D eigenvalue weighted by Gasteiger charge is -2.31. The standard InChI is InChI=1S/C22H29NO3/c1-2-25-22(13-16-24)19-9-11-20(12-10-19)26-17-15-23-14-5-7-18-6-3-4-8-21(18)23/h3-4,6,8-12,22,24H,2,5,7,13-17H2,1H3. The molecule has 1 atom stereocenters. The molecule has 4 heteroatoms. The second-order valence-corrected chi connectivity index (χ2v) is 6.59. The van der Waals surface area contributed by atoms with Crippen LogP contribution < -0.4 is 9.64 Å². The molecule has 0 aromatic heterocycles. The largest absolute Gasteiger partial charge is 0.492 e. The molecule has 1 heterocycles. The van der Waals surface area contributed by atoms with Gasteiger partial charge in [-0.3, -0.25) is 0 Å². The number of benzene rings is 2. The Morgan fingerprint density at radius 3 is 2.69 bits per heavy atom. The molecule has 2 aromatic rings. The van der Waals surface area contributed by atoms with Crippen LogP contribution in [-0.2, 0) is 11.2 Å². The van der Waals surface area contributed by atoms with E-state index in [0.717, 1.165) is 24.4 Å². The van der Waals surface area contributed by atoms with Crippen LogP contribution in [0.3, 0.4) is 0 Å². The number of ether oxygens (including phenoxy) is 2. The van der Waals surface area contributed by atoms with E-state index in [0.29, 0.717) is 19.6 Å². The maximum absolute atomic E-state index is 9.18. The molecule has 1 aliphatic heterocycles. The highest BCUT2D eigenvalue weighted by Crippen LogP contribution is 2.27. The molecule has 1 unspecified atom stereocenters. The van der Waals surface area contributed by atoms with Gasteiger partial charge in [-0.25, -0.2) is 0 Å². The smallest absolute Gasteiger partial charge is 0.119 e. The molecule has 1 aliphatic rings. The lowest BCUT2D eigenvalue weighted by molar-refractivity contribution is 0.0432. The molecule has 0 spiro atoms. The number of para-hydroxylation sites is 1. The van der Waals surface area contributed by atoms with Gasteiger partial charge in [-0.1, -0.05) is 30.3 Å².